The summed E-state index contributed by atoms with van der Waals surface area (Å²) >= 11 is 0. The number of hydrogen-bond acceptors (Lipinski definition) is 3. The maximum Gasteiger partial charge on any atom is 0.161 e. The Bertz CT molecular complexity index is 369. The molecule has 3 heteroatoms. The fourth-order valence-electron chi connectivity index (χ4n) is 1.38. The van der Waals surface area contributed by atoms with Gasteiger partial charge < -0.3 is 14.8 Å². The van der Waals surface area contributed by atoms with Gasteiger partial charge in [0.2, 0.25) is 0 Å². The molecule has 16 heavy (non-hydrogen) atoms. The van der Waals surface area contributed by atoms with E-state index in [-0.39, 0.29) is 0 Å². The highest BCUT2D eigenvalue weighted by Gasteiger charge is 2.04. The maximum atomic E-state index is 5.43. The second-order valence-corrected chi connectivity index (χ2v) is 3.23. The van der Waals surface area contributed by atoms with Gasteiger partial charge in [-0.05, 0) is 24.6 Å². The third-order valence-electron chi connectivity index (χ3n) is 2.08. The van der Waals surface area contributed by atoms with Crippen LogP contribution in [0.25, 0.3) is 0 Å². The van der Waals surface area contributed by atoms with E-state index in [9.17, 15) is 0 Å². The van der Waals surface area contributed by atoms with Gasteiger partial charge >= 0.3 is 0 Å². The first kappa shape index (κ1) is 12.4. The average molecular weight is 219 g/mol. The van der Waals surface area contributed by atoms with Crippen LogP contribution < -0.4 is 14.8 Å². The monoisotopic (exact) mass is 219 g/mol. The summed E-state index contributed by atoms with van der Waals surface area (Å²) in [4.78, 5) is 0. The zero-order valence-corrected chi connectivity index (χ0v) is 9.75. The molecule has 86 valence electrons. The van der Waals surface area contributed by atoms with Gasteiger partial charge in [-0.2, -0.15) is 0 Å². The standard InChI is InChI=1S/C13H17NO2/c1-4-8-14-10-11-6-7-12(16-5-2)13(9-11)15-3/h1,6-7,9,14H,5,8,10H2,2-3H3. The van der Waals surface area contributed by atoms with Crippen molar-refractivity contribution in [1.29, 1.82) is 0 Å². The second-order valence-electron chi connectivity index (χ2n) is 3.23. The quantitative estimate of drug-likeness (QED) is 0.584. The van der Waals surface area contributed by atoms with Crippen molar-refractivity contribution < 1.29 is 9.47 Å². The molecule has 0 atom stereocenters. The molecule has 0 amide bonds. The van der Waals surface area contributed by atoms with Crippen molar-refractivity contribution >= 4 is 0 Å². The van der Waals surface area contributed by atoms with Gasteiger partial charge in [-0.1, -0.05) is 12.0 Å². The molecule has 0 saturated heterocycles. The Balaban J connectivity index is 2.71. The molecular formula is C13H17NO2. The van der Waals surface area contributed by atoms with E-state index in [0.717, 1.165) is 23.6 Å². The zero-order chi connectivity index (χ0) is 11.8. The molecule has 0 radical (unpaired) electrons. The lowest BCUT2D eigenvalue weighted by Crippen LogP contribution is -2.13. The average Bonchev–Trinajstić information content (AvgIpc) is 2.31. The summed E-state index contributed by atoms with van der Waals surface area (Å²) in [6.45, 7) is 3.87. The van der Waals surface area contributed by atoms with Gasteiger partial charge in [0.25, 0.3) is 0 Å². The van der Waals surface area contributed by atoms with E-state index < -0.39 is 0 Å². The largest absolute Gasteiger partial charge is 0.493 e. The minimum absolute atomic E-state index is 0.565. The van der Waals surface area contributed by atoms with Gasteiger partial charge in [0.05, 0.1) is 20.3 Å². The lowest BCUT2D eigenvalue weighted by molar-refractivity contribution is 0.310. The van der Waals surface area contributed by atoms with Crippen LogP contribution in [-0.4, -0.2) is 20.3 Å². The van der Waals surface area contributed by atoms with Crippen LogP contribution in [0.15, 0.2) is 18.2 Å². The highest BCUT2D eigenvalue weighted by molar-refractivity contribution is 5.42. The molecule has 0 unspecified atom stereocenters. The van der Waals surface area contributed by atoms with Crippen molar-refractivity contribution in [3.8, 4) is 23.8 Å². The molecule has 0 spiro atoms. The number of ether oxygens (including phenoxy) is 2. The molecule has 1 aromatic rings. The fraction of sp³-hybridized carbons (Fsp3) is 0.385. The van der Waals surface area contributed by atoms with E-state index in [1.54, 1.807) is 7.11 Å². The van der Waals surface area contributed by atoms with Crippen molar-refractivity contribution in [3.05, 3.63) is 23.8 Å². The summed E-state index contributed by atoms with van der Waals surface area (Å²) in [6, 6.07) is 5.86. The Morgan fingerprint density at radius 3 is 2.81 bits per heavy atom. The normalized spacial score (nSPS) is 9.56. The van der Waals surface area contributed by atoms with E-state index in [0.29, 0.717) is 13.2 Å². The molecule has 0 aromatic heterocycles. The van der Waals surface area contributed by atoms with Crippen LogP contribution >= 0.6 is 0 Å². The Kier molecular flexibility index (Phi) is 5.24. The summed E-state index contributed by atoms with van der Waals surface area (Å²) in [5.74, 6) is 4.05. The maximum absolute atomic E-state index is 5.43. The lowest BCUT2D eigenvalue weighted by Gasteiger charge is -2.10. The predicted molar refractivity (Wildman–Crippen MR) is 64.7 cm³/mol. The van der Waals surface area contributed by atoms with Gasteiger partial charge in [0, 0.05) is 6.54 Å². The van der Waals surface area contributed by atoms with Crippen LogP contribution in [0.4, 0.5) is 0 Å². The van der Waals surface area contributed by atoms with Crippen molar-refractivity contribution in [2.45, 2.75) is 13.5 Å². The minimum atomic E-state index is 0.565. The van der Waals surface area contributed by atoms with Crippen molar-refractivity contribution in [3.63, 3.8) is 0 Å². The molecule has 0 aliphatic carbocycles. The van der Waals surface area contributed by atoms with E-state index in [2.05, 4.69) is 11.2 Å². The van der Waals surface area contributed by atoms with Gasteiger partial charge in [-0.15, -0.1) is 6.42 Å². The van der Waals surface area contributed by atoms with Crippen LogP contribution in [0, 0.1) is 12.3 Å². The molecule has 0 saturated carbocycles. The first-order chi connectivity index (χ1) is 7.81. The molecule has 1 rings (SSSR count). The molecule has 0 aliphatic heterocycles. The Labute approximate surface area is 96.8 Å². The Morgan fingerprint density at radius 2 is 2.19 bits per heavy atom. The number of terminal acetylenes is 1. The van der Waals surface area contributed by atoms with E-state index in [1.807, 2.05) is 25.1 Å². The fourth-order valence-corrected chi connectivity index (χ4v) is 1.38. The molecule has 3 nitrogen and oxygen atoms in total. The van der Waals surface area contributed by atoms with Crippen LogP contribution in [0.3, 0.4) is 0 Å². The third kappa shape index (κ3) is 3.48. The highest BCUT2D eigenvalue weighted by atomic mass is 16.5. The Morgan fingerprint density at radius 1 is 1.38 bits per heavy atom. The van der Waals surface area contributed by atoms with E-state index >= 15 is 0 Å². The third-order valence-corrected chi connectivity index (χ3v) is 2.08. The van der Waals surface area contributed by atoms with Crippen molar-refractivity contribution in [1.82, 2.24) is 5.32 Å². The van der Waals surface area contributed by atoms with Gasteiger partial charge in [0.15, 0.2) is 11.5 Å². The Hall–Kier alpha value is -1.66. The first-order valence-corrected chi connectivity index (χ1v) is 5.25. The minimum Gasteiger partial charge on any atom is -0.493 e. The topological polar surface area (TPSA) is 30.5 Å². The molecule has 0 heterocycles. The zero-order valence-electron chi connectivity index (χ0n) is 9.75. The van der Waals surface area contributed by atoms with Crippen LogP contribution in [-0.2, 0) is 6.54 Å². The molecule has 0 aliphatic rings. The summed E-state index contributed by atoms with van der Waals surface area (Å²) in [5.41, 5.74) is 1.12. The number of benzene rings is 1. The molecule has 1 N–H and O–H groups in total. The predicted octanol–water partition coefficient (Wildman–Crippen LogP) is 1.82. The number of methoxy groups -OCH3 is 1. The number of hydrogen-bond donors (Lipinski definition) is 1. The smallest absolute Gasteiger partial charge is 0.161 e. The van der Waals surface area contributed by atoms with Crippen LogP contribution in [0.5, 0.6) is 11.5 Å². The van der Waals surface area contributed by atoms with Crippen LogP contribution in [0.2, 0.25) is 0 Å². The van der Waals surface area contributed by atoms with Crippen LogP contribution in [0.1, 0.15) is 12.5 Å². The molecule has 0 bridgehead atoms. The summed E-state index contributed by atoms with van der Waals surface area (Å²) in [5, 5.41) is 3.12. The van der Waals surface area contributed by atoms with Crippen molar-refractivity contribution in [2.24, 2.45) is 0 Å². The van der Waals surface area contributed by atoms with Crippen molar-refractivity contribution in [2.75, 3.05) is 20.3 Å². The summed E-state index contributed by atoms with van der Waals surface area (Å²) in [6.07, 6.45) is 5.16. The second kappa shape index (κ2) is 6.76. The first-order valence-electron chi connectivity index (χ1n) is 5.25. The molecular weight excluding hydrogens is 202 g/mol. The van der Waals surface area contributed by atoms with Gasteiger partial charge in [0.1, 0.15) is 0 Å². The SMILES string of the molecule is C#CCNCc1ccc(OCC)c(OC)c1. The highest BCUT2D eigenvalue weighted by Crippen LogP contribution is 2.27. The van der Waals surface area contributed by atoms with Gasteiger partial charge in [-0.25, -0.2) is 0 Å². The summed E-state index contributed by atoms with van der Waals surface area (Å²) in [7, 11) is 1.64. The number of nitrogens with one attached hydrogen (secondary N) is 1. The van der Waals surface area contributed by atoms with E-state index in [1.165, 1.54) is 0 Å². The molecule has 0 fully saturated rings. The lowest BCUT2D eigenvalue weighted by atomic mass is 10.2. The van der Waals surface area contributed by atoms with E-state index in [4.69, 9.17) is 15.9 Å². The molecule has 1 aromatic carbocycles. The van der Waals surface area contributed by atoms with Gasteiger partial charge in [-0.3, -0.25) is 0 Å². The number of rotatable bonds is 6. The summed E-state index contributed by atoms with van der Waals surface area (Å²) < 4.78 is 10.7.